The van der Waals surface area contributed by atoms with E-state index in [0.717, 1.165) is 32.1 Å². The van der Waals surface area contributed by atoms with E-state index in [1.165, 1.54) is 37.8 Å². The second-order valence-corrected chi connectivity index (χ2v) is 8.01. The third-order valence-corrected chi connectivity index (χ3v) is 5.94. The molecule has 0 bridgehead atoms. The number of aryl methyl sites for hydroxylation is 1. The molecule has 0 spiro atoms. The molecule has 1 aromatic heterocycles. The van der Waals surface area contributed by atoms with E-state index < -0.39 is 0 Å². The van der Waals surface area contributed by atoms with E-state index in [-0.39, 0.29) is 24.0 Å². The molecule has 3 atom stereocenters. The Morgan fingerprint density at radius 1 is 1.33 bits per heavy atom. The summed E-state index contributed by atoms with van der Waals surface area (Å²) in [5.41, 5.74) is 1.35. The van der Waals surface area contributed by atoms with Crippen LogP contribution in [0, 0.1) is 0 Å². The molecule has 27 heavy (non-hydrogen) atoms. The first-order chi connectivity index (χ1) is 12.6. The molecule has 3 heterocycles. The maximum absolute atomic E-state index is 5.01. The number of aliphatic imine (C=N–C) groups is 1. The number of guanidine groups is 1. The van der Waals surface area contributed by atoms with Gasteiger partial charge in [-0.15, -0.1) is 24.0 Å². The minimum atomic E-state index is 0. The summed E-state index contributed by atoms with van der Waals surface area (Å²) < 4.78 is 1.90. The number of hydrogen-bond acceptors (Lipinski definition) is 3. The Kier molecular flexibility index (Phi) is 8.85. The number of rotatable bonds is 5. The van der Waals surface area contributed by atoms with Crippen LogP contribution in [0.5, 0.6) is 0 Å². The Balaban J connectivity index is 0.00000261. The van der Waals surface area contributed by atoms with Crippen molar-refractivity contribution in [3.05, 3.63) is 18.0 Å². The fraction of sp³-hybridized carbons (Fsp3) is 0.800. The smallest absolute Gasteiger partial charge is 0.193 e. The van der Waals surface area contributed by atoms with E-state index in [9.17, 15) is 0 Å². The maximum atomic E-state index is 5.01. The summed E-state index contributed by atoms with van der Waals surface area (Å²) in [6.45, 7) is 12.0. The lowest BCUT2D eigenvalue weighted by Gasteiger charge is -2.37. The third-order valence-electron chi connectivity index (χ3n) is 5.94. The molecule has 0 amide bonds. The SMILES string of the molecule is CCNC(=NCC(C)N1CCCCC1C)N1CCC(c2cnn(C)c2)C1.I. The zero-order valence-electron chi connectivity index (χ0n) is 17.4. The molecule has 0 aliphatic carbocycles. The molecule has 1 N–H and O–H groups in total. The van der Waals surface area contributed by atoms with Gasteiger partial charge in [0.05, 0.1) is 12.7 Å². The first-order valence-corrected chi connectivity index (χ1v) is 10.4. The zero-order valence-corrected chi connectivity index (χ0v) is 19.7. The van der Waals surface area contributed by atoms with Crippen LogP contribution in [0.25, 0.3) is 0 Å². The van der Waals surface area contributed by atoms with E-state index in [1.54, 1.807) is 0 Å². The highest BCUT2D eigenvalue weighted by atomic mass is 127. The van der Waals surface area contributed by atoms with Crippen molar-refractivity contribution in [2.45, 2.75) is 64.5 Å². The Morgan fingerprint density at radius 2 is 2.15 bits per heavy atom. The summed E-state index contributed by atoms with van der Waals surface area (Å²) in [7, 11) is 1.99. The summed E-state index contributed by atoms with van der Waals surface area (Å²) in [6.07, 6.45) is 9.37. The quantitative estimate of drug-likeness (QED) is 0.393. The van der Waals surface area contributed by atoms with Crippen molar-refractivity contribution >= 4 is 29.9 Å². The van der Waals surface area contributed by atoms with E-state index in [4.69, 9.17) is 4.99 Å². The predicted octanol–water partition coefficient (Wildman–Crippen LogP) is 3.06. The summed E-state index contributed by atoms with van der Waals surface area (Å²) >= 11 is 0. The average molecular weight is 488 g/mol. The van der Waals surface area contributed by atoms with Crippen LogP contribution in [0.4, 0.5) is 0 Å². The van der Waals surface area contributed by atoms with Crippen LogP contribution < -0.4 is 5.32 Å². The molecular formula is C20H37IN6. The lowest BCUT2D eigenvalue weighted by atomic mass is 10.0. The number of halogens is 1. The van der Waals surface area contributed by atoms with Gasteiger partial charge in [0.1, 0.15) is 0 Å². The molecule has 2 saturated heterocycles. The van der Waals surface area contributed by atoms with Crippen molar-refractivity contribution < 1.29 is 0 Å². The van der Waals surface area contributed by atoms with Gasteiger partial charge >= 0.3 is 0 Å². The van der Waals surface area contributed by atoms with Gasteiger partial charge in [0.25, 0.3) is 0 Å². The molecule has 2 aliphatic heterocycles. The second kappa shape index (κ2) is 10.6. The molecule has 3 rings (SSSR count). The number of hydrogen-bond donors (Lipinski definition) is 1. The van der Waals surface area contributed by atoms with Gasteiger partial charge in [-0.05, 0) is 52.1 Å². The van der Waals surface area contributed by atoms with Crippen LogP contribution in [0.1, 0.15) is 57.9 Å². The maximum Gasteiger partial charge on any atom is 0.193 e. The zero-order chi connectivity index (χ0) is 18.5. The third kappa shape index (κ3) is 5.82. The predicted molar refractivity (Wildman–Crippen MR) is 123 cm³/mol. The van der Waals surface area contributed by atoms with Crippen molar-refractivity contribution in [2.75, 3.05) is 32.7 Å². The normalized spacial score (nSPS) is 25.3. The molecular weight excluding hydrogens is 451 g/mol. The standard InChI is InChI=1S/C20H36N6.HI/c1-5-21-20(22-12-17(3)26-10-7-6-8-16(26)2)25-11-9-18(15-25)19-13-23-24(4)14-19;/h13-14,16-18H,5-12,15H2,1-4H3,(H,21,22);1H. The Morgan fingerprint density at radius 3 is 2.81 bits per heavy atom. The molecule has 1 aromatic rings. The van der Waals surface area contributed by atoms with Gasteiger partial charge in [-0.25, -0.2) is 0 Å². The van der Waals surface area contributed by atoms with E-state index in [1.807, 2.05) is 17.9 Å². The number of piperidine rings is 1. The van der Waals surface area contributed by atoms with Gasteiger partial charge < -0.3 is 10.2 Å². The van der Waals surface area contributed by atoms with Crippen LogP contribution in [0.2, 0.25) is 0 Å². The molecule has 7 heteroatoms. The summed E-state index contributed by atoms with van der Waals surface area (Å²) in [6, 6.07) is 1.20. The summed E-state index contributed by atoms with van der Waals surface area (Å²) in [4.78, 5) is 10.1. The minimum absolute atomic E-state index is 0. The fourth-order valence-electron chi connectivity index (χ4n) is 4.40. The van der Waals surface area contributed by atoms with Crippen LogP contribution >= 0.6 is 24.0 Å². The minimum Gasteiger partial charge on any atom is -0.357 e. The number of likely N-dealkylation sites (tertiary alicyclic amines) is 2. The summed E-state index contributed by atoms with van der Waals surface area (Å²) in [5, 5.41) is 7.84. The molecule has 0 aromatic carbocycles. The van der Waals surface area contributed by atoms with Gasteiger partial charge in [0, 0.05) is 50.9 Å². The highest BCUT2D eigenvalue weighted by molar-refractivity contribution is 14.0. The summed E-state index contributed by atoms with van der Waals surface area (Å²) in [5.74, 6) is 1.64. The van der Waals surface area contributed by atoms with Crippen LogP contribution in [0.15, 0.2) is 17.4 Å². The van der Waals surface area contributed by atoms with Gasteiger partial charge in [0.15, 0.2) is 5.96 Å². The highest BCUT2D eigenvalue weighted by Crippen LogP contribution is 2.26. The fourth-order valence-corrected chi connectivity index (χ4v) is 4.40. The molecule has 6 nitrogen and oxygen atoms in total. The molecule has 0 saturated carbocycles. The monoisotopic (exact) mass is 488 g/mol. The first kappa shape index (κ1) is 22.5. The van der Waals surface area contributed by atoms with E-state index >= 15 is 0 Å². The molecule has 3 unspecified atom stereocenters. The van der Waals surface area contributed by atoms with Gasteiger partial charge in [-0.2, -0.15) is 5.10 Å². The number of aromatic nitrogens is 2. The Hall–Kier alpha value is -0.830. The van der Waals surface area contributed by atoms with Crippen molar-refractivity contribution in [3.63, 3.8) is 0 Å². The lowest BCUT2D eigenvalue weighted by Crippen LogP contribution is -2.46. The Bertz CT molecular complexity index is 601. The molecule has 2 aliphatic rings. The second-order valence-electron chi connectivity index (χ2n) is 8.01. The first-order valence-electron chi connectivity index (χ1n) is 10.4. The van der Waals surface area contributed by atoms with Crippen LogP contribution in [-0.4, -0.2) is 70.3 Å². The van der Waals surface area contributed by atoms with Crippen molar-refractivity contribution in [2.24, 2.45) is 12.0 Å². The van der Waals surface area contributed by atoms with Crippen molar-refractivity contribution in [3.8, 4) is 0 Å². The highest BCUT2D eigenvalue weighted by Gasteiger charge is 2.27. The largest absolute Gasteiger partial charge is 0.357 e. The molecule has 2 fully saturated rings. The van der Waals surface area contributed by atoms with Gasteiger partial charge in [0.2, 0.25) is 0 Å². The van der Waals surface area contributed by atoms with Gasteiger partial charge in [-0.1, -0.05) is 6.42 Å². The Labute approximate surface area is 181 Å². The lowest BCUT2D eigenvalue weighted by molar-refractivity contribution is 0.118. The van der Waals surface area contributed by atoms with Gasteiger partial charge in [-0.3, -0.25) is 14.6 Å². The van der Waals surface area contributed by atoms with E-state index in [0.29, 0.717) is 18.0 Å². The number of nitrogens with one attached hydrogen (secondary N) is 1. The van der Waals surface area contributed by atoms with E-state index in [2.05, 4.69) is 47.2 Å². The number of nitrogens with zero attached hydrogens (tertiary/aromatic N) is 5. The van der Waals surface area contributed by atoms with Crippen LogP contribution in [-0.2, 0) is 7.05 Å². The average Bonchev–Trinajstić information content (AvgIpc) is 3.27. The molecule has 0 radical (unpaired) electrons. The van der Waals surface area contributed by atoms with Crippen LogP contribution in [0.3, 0.4) is 0 Å². The molecule has 154 valence electrons. The van der Waals surface area contributed by atoms with Crippen molar-refractivity contribution in [1.82, 2.24) is 24.9 Å². The topological polar surface area (TPSA) is 48.7 Å². The van der Waals surface area contributed by atoms with Crippen molar-refractivity contribution in [1.29, 1.82) is 0 Å².